The summed E-state index contributed by atoms with van der Waals surface area (Å²) in [6.07, 6.45) is 2.92. The van der Waals surface area contributed by atoms with Crippen LogP contribution in [-0.2, 0) is 4.79 Å². The molecule has 0 saturated carbocycles. The molecule has 3 rings (SSSR count). The first kappa shape index (κ1) is 18.3. The van der Waals surface area contributed by atoms with E-state index in [-0.39, 0.29) is 17.6 Å². The quantitative estimate of drug-likeness (QED) is 0.777. The van der Waals surface area contributed by atoms with Crippen LogP contribution in [-0.4, -0.2) is 54.4 Å². The minimum atomic E-state index is -0.455. The number of likely N-dealkylation sites (tertiary alicyclic amines) is 1. The first-order valence-electron chi connectivity index (χ1n) is 8.54. The van der Waals surface area contributed by atoms with E-state index in [0.717, 1.165) is 6.42 Å². The van der Waals surface area contributed by atoms with Gasteiger partial charge in [0.25, 0.3) is 5.91 Å². The van der Waals surface area contributed by atoms with E-state index < -0.39 is 6.04 Å². The number of rotatable bonds is 6. The average Bonchev–Trinajstić information content (AvgIpc) is 3.32. The maximum Gasteiger partial charge on any atom is 0.290 e. The van der Waals surface area contributed by atoms with Crippen LogP contribution in [0.1, 0.15) is 23.4 Å². The van der Waals surface area contributed by atoms with Crippen molar-refractivity contribution in [3.63, 3.8) is 0 Å². The summed E-state index contributed by atoms with van der Waals surface area (Å²) in [5.74, 6) is 0.594. The van der Waals surface area contributed by atoms with E-state index in [1.165, 1.54) is 6.26 Å². The van der Waals surface area contributed by atoms with Crippen LogP contribution in [0.15, 0.2) is 47.1 Å². The van der Waals surface area contributed by atoms with Crippen LogP contribution in [0.4, 0.5) is 0 Å². The lowest BCUT2D eigenvalue weighted by Gasteiger charge is -2.27. The Morgan fingerprint density at radius 1 is 1.35 bits per heavy atom. The molecule has 138 valence electrons. The fraction of sp³-hybridized carbons (Fsp3) is 0.368. The highest BCUT2D eigenvalue weighted by atomic mass is 35.5. The van der Waals surface area contributed by atoms with Crippen molar-refractivity contribution < 1.29 is 18.7 Å². The van der Waals surface area contributed by atoms with E-state index in [1.807, 2.05) is 12.1 Å². The molecule has 1 aromatic carbocycles. The van der Waals surface area contributed by atoms with Gasteiger partial charge in [0, 0.05) is 18.6 Å². The molecule has 26 heavy (non-hydrogen) atoms. The number of nitrogens with zero attached hydrogens (tertiary/aromatic N) is 2. The van der Waals surface area contributed by atoms with Crippen LogP contribution in [0.3, 0.4) is 0 Å². The van der Waals surface area contributed by atoms with Gasteiger partial charge in [0.2, 0.25) is 5.91 Å². The van der Waals surface area contributed by atoms with E-state index in [2.05, 4.69) is 0 Å². The molecular weight excluding hydrogens is 356 g/mol. The second-order valence-electron chi connectivity index (χ2n) is 6.20. The van der Waals surface area contributed by atoms with Gasteiger partial charge in [-0.05, 0) is 43.2 Å². The number of hydrogen-bond donors (Lipinski definition) is 0. The number of halogens is 1. The van der Waals surface area contributed by atoms with Crippen LogP contribution >= 0.6 is 11.6 Å². The molecule has 1 fully saturated rings. The molecule has 2 heterocycles. The highest BCUT2D eigenvalue weighted by Crippen LogP contribution is 2.22. The van der Waals surface area contributed by atoms with Gasteiger partial charge in [0.15, 0.2) is 5.76 Å². The largest absolute Gasteiger partial charge is 0.492 e. The molecule has 6 nitrogen and oxygen atoms in total. The van der Waals surface area contributed by atoms with Gasteiger partial charge in [0.1, 0.15) is 18.4 Å². The Morgan fingerprint density at radius 2 is 2.19 bits per heavy atom. The number of amides is 2. The van der Waals surface area contributed by atoms with Gasteiger partial charge in [-0.1, -0.05) is 17.7 Å². The topological polar surface area (TPSA) is 63.0 Å². The van der Waals surface area contributed by atoms with E-state index in [9.17, 15) is 9.59 Å². The molecule has 0 radical (unpaired) electrons. The van der Waals surface area contributed by atoms with Crippen molar-refractivity contribution in [2.75, 3.05) is 26.7 Å². The summed E-state index contributed by atoms with van der Waals surface area (Å²) in [6, 6.07) is 9.95. The van der Waals surface area contributed by atoms with Crippen LogP contribution in [0.5, 0.6) is 5.75 Å². The predicted molar refractivity (Wildman–Crippen MR) is 97.4 cm³/mol. The van der Waals surface area contributed by atoms with Gasteiger partial charge in [-0.25, -0.2) is 0 Å². The highest BCUT2D eigenvalue weighted by molar-refractivity contribution is 6.30. The van der Waals surface area contributed by atoms with Crippen molar-refractivity contribution in [3.8, 4) is 5.75 Å². The number of furan rings is 1. The smallest absolute Gasteiger partial charge is 0.290 e. The Kier molecular flexibility index (Phi) is 5.83. The summed E-state index contributed by atoms with van der Waals surface area (Å²) in [5.41, 5.74) is 0. The standard InChI is InChI=1S/C19H21ClN2O4/c1-21(10-12-25-15-6-2-5-14(20)13-15)18(23)16-7-3-9-22(16)19(24)17-8-4-11-26-17/h2,4-6,8,11,13,16H,3,7,9-10,12H2,1H3. The van der Waals surface area contributed by atoms with Gasteiger partial charge < -0.3 is 19.0 Å². The summed E-state index contributed by atoms with van der Waals surface area (Å²) in [5, 5.41) is 0.602. The minimum absolute atomic E-state index is 0.0860. The average molecular weight is 377 g/mol. The van der Waals surface area contributed by atoms with Crippen LogP contribution in [0, 0.1) is 0 Å². The molecule has 7 heteroatoms. The predicted octanol–water partition coefficient (Wildman–Crippen LogP) is 3.08. The Labute approximate surface area is 157 Å². The molecule has 2 aromatic rings. The third-order valence-corrected chi connectivity index (χ3v) is 4.63. The van der Waals surface area contributed by atoms with Crippen molar-refractivity contribution in [1.82, 2.24) is 9.80 Å². The molecule has 0 bridgehead atoms. The Bertz CT molecular complexity index is 763. The third kappa shape index (κ3) is 4.19. The van der Waals surface area contributed by atoms with Gasteiger partial charge in [0.05, 0.1) is 12.8 Å². The van der Waals surface area contributed by atoms with Crippen molar-refractivity contribution in [2.45, 2.75) is 18.9 Å². The van der Waals surface area contributed by atoms with Gasteiger partial charge >= 0.3 is 0 Å². The molecule has 1 aromatic heterocycles. The third-order valence-electron chi connectivity index (χ3n) is 4.40. The number of carbonyl (C=O) groups is 2. The minimum Gasteiger partial charge on any atom is -0.492 e. The summed E-state index contributed by atoms with van der Waals surface area (Å²) in [6.45, 7) is 1.33. The van der Waals surface area contributed by atoms with Gasteiger partial charge in [-0.2, -0.15) is 0 Å². The number of ether oxygens (including phenoxy) is 1. The maximum atomic E-state index is 12.8. The molecule has 2 amide bonds. The normalized spacial score (nSPS) is 16.5. The summed E-state index contributed by atoms with van der Waals surface area (Å²) in [4.78, 5) is 28.4. The van der Waals surface area contributed by atoms with Crippen LogP contribution in [0.2, 0.25) is 5.02 Å². The molecule has 0 aliphatic carbocycles. The number of likely N-dealkylation sites (N-methyl/N-ethyl adjacent to an activating group) is 1. The zero-order chi connectivity index (χ0) is 18.5. The first-order valence-corrected chi connectivity index (χ1v) is 8.92. The fourth-order valence-electron chi connectivity index (χ4n) is 3.03. The second kappa shape index (κ2) is 8.27. The molecular formula is C19H21ClN2O4. The van der Waals surface area contributed by atoms with E-state index >= 15 is 0 Å². The van der Waals surface area contributed by atoms with Gasteiger partial charge in [-0.15, -0.1) is 0 Å². The van der Waals surface area contributed by atoms with E-state index in [1.54, 1.807) is 41.1 Å². The SMILES string of the molecule is CN(CCOc1cccc(Cl)c1)C(=O)C1CCCN1C(=O)c1ccco1. The maximum absolute atomic E-state index is 12.8. The molecule has 1 saturated heterocycles. The molecule has 1 atom stereocenters. The number of carbonyl (C=O) groups excluding carboxylic acids is 2. The molecule has 0 N–H and O–H groups in total. The van der Waals surface area contributed by atoms with Crippen LogP contribution < -0.4 is 4.74 Å². The molecule has 1 unspecified atom stereocenters. The lowest BCUT2D eigenvalue weighted by atomic mass is 10.2. The van der Waals surface area contributed by atoms with E-state index in [0.29, 0.717) is 36.9 Å². The monoisotopic (exact) mass is 376 g/mol. The van der Waals surface area contributed by atoms with Crippen molar-refractivity contribution >= 4 is 23.4 Å². The van der Waals surface area contributed by atoms with Gasteiger partial charge in [-0.3, -0.25) is 9.59 Å². The zero-order valence-corrected chi connectivity index (χ0v) is 15.3. The molecule has 1 aliphatic heterocycles. The summed E-state index contributed by atoms with van der Waals surface area (Å²) < 4.78 is 10.8. The highest BCUT2D eigenvalue weighted by Gasteiger charge is 2.36. The Morgan fingerprint density at radius 3 is 2.92 bits per heavy atom. The lowest BCUT2D eigenvalue weighted by molar-refractivity contribution is -0.134. The van der Waals surface area contributed by atoms with Crippen LogP contribution in [0.25, 0.3) is 0 Å². The summed E-state index contributed by atoms with van der Waals surface area (Å²) in [7, 11) is 1.72. The Hall–Kier alpha value is -2.47. The number of benzene rings is 1. The van der Waals surface area contributed by atoms with E-state index in [4.69, 9.17) is 20.8 Å². The second-order valence-corrected chi connectivity index (χ2v) is 6.64. The summed E-state index contributed by atoms with van der Waals surface area (Å²) >= 11 is 5.92. The van der Waals surface area contributed by atoms with Crippen molar-refractivity contribution in [3.05, 3.63) is 53.4 Å². The number of hydrogen-bond acceptors (Lipinski definition) is 4. The fourth-order valence-corrected chi connectivity index (χ4v) is 3.21. The van der Waals surface area contributed by atoms with Crippen molar-refractivity contribution in [1.29, 1.82) is 0 Å². The molecule has 1 aliphatic rings. The Balaban J connectivity index is 1.54. The first-order chi connectivity index (χ1) is 12.6. The van der Waals surface area contributed by atoms with Crippen molar-refractivity contribution in [2.24, 2.45) is 0 Å². The lowest BCUT2D eigenvalue weighted by Crippen LogP contribution is -2.47. The zero-order valence-electron chi connectivity index (χ0n) is 14.6. The molecule has 0 spiro atoms.